The van der Waals surface area contributed by atoms with E-state index in [9.17, 15) is 4.79 Å². The molecule has 4 rings (SSSR count). The molecule has 0 saturated heterocycles. The Hall–Kier alpha value is -3.98. The molecule has 1 aliphatic heterocycles. The summed E-state index contributed by atoms with van der Waals surface area (Å²) in [6, 6.07) is 16.8. The van der Waals surface area contributed by atoms with E-state index in [0.29, 0.717) is 17.3 Å². The Kier molecular flexibility index (Phi) is 4.80. The van der Waals surface area contributed by atoms with E-state index in [4.69, 9.17) is 15.0 Å². The smallest absolute Gasteiger partial charge is 0.253 e. The van der Waals surface area contributed by atoms with Gasteiger partial charge in [-0.05, 0) is 37.3 Å². The number of allylic oxidation sites excluding steroid dienone is 1. The highest BCUT2D eigenvalue weighted by Crippen LogP contribution is 2.45. The Labute approximate surface area is 175 Å². The van der Waals surface area contributed by atoms with Gasteiger partial charge in [0.15, 0.2) is 0 Å². The Morgan fingerprint density at radius 2 is 1.67 bits per heavy atom. The molecule has 2 aromatic heterocycles. The lowest BCUT2D eigenvalue weighted by Gasteiger charge is -2.27. The van der Waals surface area contributed by atoms with E-state index in [1.807, 2.05) is 43.3 Å². The molecule has 1 amide bonds. The fourth-order valence-electron chi connectivity index (χ4n) is 3.56. The molecule has 1 atom stereocenters. The van der Waals surface area contributed by atoms with Gasteiger partial charge in [0.2, 0.25) is 11.8 Å². The third-order valence-electron chi connectivity index (χ3n) is 5.04. The van der Waals surface area contributed by atoms with Gasteiger partial charge < -0.3 is 9.64 Å². The lowest BCUT2D eigenvalue weighted by molar-refractivity contribution is 0.0827. The lowest BCUT2D eigenvalue weighted by Crippen LogP contribution is -2.21. The third-order valence-corrected chi connectivity index (χ3v) is 5.04. The first kappa shape index (κ1) is 19.3. The van der Waals surface area contributed by atoms with Crippen LogP contribution in [0.15, 0.2) is 60.7 Å². The number of carbonyl (C=O) groups is 1. The molecule has 148 valence electrons. The highest BCUT2D eigenvalue weighted by atomic mass is 16.5. The Balaban J connectivity index is 1.74. The number of fused-ring (bicyclic) bond motifs is 2. The number of benzene rings is 1. The number of amides is 1. The molecule has 6 heteroatoms. The van der Waals surface area contributed by atoms with E-state index < -0.39 is 0 Å². The molecular formula is C24H20N4O2. The van der Waals surface area contributed by atoms with Gasteiger partial charge in [-0.2, -0.15) is 5.26 Å². The van der Waals surface area contributed by atoms with Crippen molar-refractivity contribution >= 4 is 5.91 Å². The summed E-state index contributed by atoms with van der Waals surface area (Å²) in [5, 5.41) is 9.17. The number of carbonyl (C=O) groups excluding carboxylic acids is 1. The molecule has 0 spiro atoms. The summed E-state index contributed by atoms with van der Waals surface area (Å²) in [7, 11) is 3.44. The van der Waals surface area contributed by atoms with Crippen LogP contribution in [0.1, 0.15) is 40.0 Å². The van der Waals surface area contributed by atoms with Gasteiger partial charge in [-0.15, -0.1) is 0 Å². The first-order valence-electron chi connectivity index (χ1n) is 9.46. The zero-order valence-electron chi connectivity index (χ0n) is 17.0. The van der Waals surface area contributed by atoms with E-state index >= 15 is 0 Å². The SMILES string of the molecule is C=C(C)C1c2ccc(C#N)nc2Oc2nc(-c3ccc(C(=O)N(C)C)cc3)ccc21. The summed E-state index contributed by atoms with van der Waals surface area (Å²) in [6.07, 6.45) is 0. The number of aromatic nitrogens is 2. The molecule has 0 aliphatic carbocycles. The molecule has 0 saturated carbocycles. The fourth-order valence-corrected chi connectivity index (χ4v) is 3.56. The van der Waals surface area contributed by atoms with E-state index in [2.05, 4.69) is 11.6 Å². The summed E-state index contributed by atoms with van der Waals surface area (Å²) < 4.78 is 5.98. The van der Waals surface area contributed by atoms with Gasteiger partial charge in [-0.25, -0.2) is 9.97 Å². The van der Waals surface area contributed by atoms with Gasteiger partial charge in [-0.1, -0.05) is 30.4 Å². The van der Waals surface area contributed by atoms with Gasteiger partial charge in [-0.3, -0.25) is 4.79 Å². The van der Waals surface area contributed by atoms with Gasteiger partial charge in [0, 0.05) is 42.3 Å². The quantitative estimate of drug-likeness (QED) is 0.608. The first-order chi connectivity index (χ1) is 14.4. The average Bonchev–Trinajstić information content (AvgIpc) is 2.75. The molecule has 6 nitrogen and oxygen atoms in total. The number of hydrogen-bond donors (Lipinski definition) is 0. The maximum atomic E-state index is 12.1. The van der Waals surface area contributed by atoms with Crippen molar-refractivity contribution in [1.82, 2.24) is 14.9 Å². The van der Waals surface area contributed by atoms with Crippen molar-refractivity contribution in [3.63, 3.8) is 0 Å². The molecule has 0 bridgehead atoms. The summed E-state index contributed by atoms with van der Waals surface area (Å²) in [5.74, 6) is 0.671. The second kappa shape index (κ2) is 7.45. The monoisotopic (exact) mass is 396 g/mol. The molecule has 1 unspecified atom stereocenters. The molecule has 1 aliphatic rings. The van der Waals surface area contributed by atoms with Crippen LogP contribution in [-0.4, -0.2) is 34.9 Å². The largest absolute Gasteiger partial charge is 0.420 e. The third kappa shape index (κ3) is 3.31. The number of hydrogen-bond acceptors (Lipinski definition) is 5. The molecule has 0 N–H and O–H groups in total. The van der Waals surface area contributed by atoms with Crippen LogP contribution in [0.3, 0.4) is 0 Å². The van der Waals surface area contributed by atoms with E-state index in [-0.39, 0.29) is 17.5 Å². The Morgan fingerprint density at radius 1 is 1.03 bits per heavy atom. The molecule has 3 aromatic rings. The molecule has 0 radical (unpaired) electrons. The van der Waals surface area contributed by atoms with Crippen LogP contribution < -0.4 is 4.74 Å². The van der Waals surface area contributed by atoms with Crippen LogP contribution in [0, 0.1) is 11.3 Å². The second-order valence-corrected chi connectivity index (χ2v) is 7.45. The van der Waals surface area contributed by atoms with Crippen molar-refractivity contribution in [1.29, 1.82) is 5.26 Å². The van der Waals surface area contributed by atoms with Crippen molar-refractivity contribution in [3.8, 4) is 29.1 Å². The van der Waals surface area contributed by atoms with Gasteiger partial charge in [0.05, 0.1) is 5.69 Å². The van der Waals surface area contributed by atoms with Gasteiger partial charge in [0.1, 0.15) is 11.8 Å². The van der Waals surface area contributed by atoms with Crippen LogP contribution in [0.5, 0.6) is 11.8 Å². The van der Waals surface area contributed by atoms with Crippen molar-refractivity contribution in [2.45, 2.75) is 12.8 Å². The predicted octanol–water partition coefficient (Wildman–Crippen LogP) is 4.53. The number of rotatable bonds is 3. The van der Waals surface area contributed by atoms with Crippen LogP contribution in [0.25, 0.3) is 11.3 Å². The van der Waals surface area contributed by atoms with Crippen molar-refractivity contribution in [2.75, 3.05) is 14.1 Å². The van der Waals surface area contributed by atoms with E-state index in [1.165, 1.54) is 4.90 Å². The summed E-state index contributed by atoms with van der Waals surface area (Å²) in [4.78, 5) is 22.6. The molecule has 3 heterocycles. The molecule has 1 aromatic carbocycles. The van der Waals surface area contributed by atoms with Gasteiger partial charge >= 0.3 is 0 Å². The predicted molar refractivity (Wildman–Crippen MR) is 113 cm³/mol. The highest BCUT2D eigenvalue weighted by molar-refractivity contribution is 5.94. The Bertz CT molecular complexity index is 1210. The number of nitrogens with zero attached hydrogens (tertiary/aromatic N) is 4. The lowest BCUT2D eigenvalue weighted by atomic mass is 9.85. The van der Waals surface area contributed by atoms with E-state index in [1.54, 1.807) is 32.3 Å². The number of ether oxygens (including phenoxy) is 1. The van der Waals surface area contributed by atoms with Crippen molar-refractivity contribution in [2.24, 2.45) is 0 Å². The molecule has 0 fully saturated rings. The van der Waals surface area contributed by atoms with Crippen molar-refractivity contribution in [3.05, 3.63) is 83.1 Å². The van der Waals surface area contributed by atoms with Crippen LogP contribution in [0.2, 0.25) is 0 Å². The average molecular weight is 396 g/mol. The minimum absolute atomic E-state index is 0.0523. The van der Waals surface area contributed by atoms with Gasteiger partial charge in [0.25, 0.3) is 5.91 Å². The van der Waals surface area contributed by atoms with Crippen LogP contribution in [0.4, 0.5) is 0 Å². The minimum Gasteiger partial charge on any atom is -0.420 e. The zero-order valence-corrected chi connectivity index (χ0v) is 17.0. The molecular weight excluding hydrogens is 376 g/mol. The minimum atomic E-state index is -0.106. The Morgan fingerprint density at radius 3 is 2.27 bits per heavy atom. The molecule has 30 heavy (non-hydrogen) atoms. The summed E-state index contributed by atoms with van der Waals surface area (Å²) in [6.45, 7) is 6.08. The number of nitriles is 1. The van der Waals surface area contributed by atoms with Crippen molar-refractivity contribution < 1.29 is 9.53 Å². The van der Waals surface area contributed by atoms with Crippen LogP contribution >= 0.6 is 0 Å². The maximum absolute atomic E-state index is 12.1. The topological polar surface area (TPSA) is 79.1 Å². The maximum Gasteiger partial charge on any atom is 0.253 e. The number of pyridine rings is 2. The standard InChI is InChI=1S/C24H20N4O2/c1-14(2)21-18-10-9-17(13-25)26-22(18)30-23-19(21)11-12-20(27-23)15-5-7-16(8-6-15)24(29)28(3)4/h5-12,21H,1H2,2-4H3. The normalized spacial score (nSPS) is 14.0. The van der Waals surface area contributed by atoms with Crippen LogP contribution in [-0.2, 0) is 0 Å². The second-order valence-electron chi connectivity index (χ2n) is 7.45. The zero-order chi connectivity index (χ0) is 21.4. The summed E-state index contributed by atoms with van der Waals surface area (Å²) >= 11 is 0. The highest BCUT2D eigenvalue weighted by Gasteiger charge is 2.30. The summed E-state index contributed by atoms with van der Waals surface area (Å²) in [5.41, 5.74) is 5.21. The first-order valence-corrected chi connectivity index (χ1v) is 9.46. The van der Waals surface area contributed by atoms with E-state index in [0.717, 1.165) is 28.0 Å². The fraction of sp³-hybridized carbons (Fsp3) is 0.167.